The van der Waals surface area contributed by atoms with Crippen LogP contribution in [0.15, 0.2) is 77.6 Å². The van der Waals surface area contributed by atoms with E-state index in [9.17, 15) is 14.4 Å². The summed E-state index contributed by atoms with van der Waals surface area (Å²) in [7, 11) is 0. The van der Waals surface area contributed by atoms with Crippen molar-refractivity contribution in [1.29, 1.82) is 0 Å². The van der Waals surface area contributed by atoms with Gasteiger partial charge < -0.3 is 15.4 Å². The molecule has 0 aliphatic carbocycles. The quantitative estimate of drug-likeness (QED) is 0.607. The normalized spacial score (nSPS) is 10.2. The van der Waals surface area contributed by atoms with E-state index in [1.807, 2.05) is 24.3 Å². The number of rotatable bonds is 8. The third kappa shape index (κ3) is 6.03. The van der Waals surface area contributed by atoms with Crippen LogP contribution in [0.2, 0.25) is 0 Å². The highest BCUT2D eigenvalue weighted by atomic mass is 16.5. The van der Waals surface area contributed by atoms with Crippen LogP contribution in [0.5, 0.6) is 5.75 Å². The van der Waals surface area contributed by atoms with Crippen LogP contribution in [0.3, 0.4) is 0 Å². The van der Waals surface area contributed by atoms with Crippen molar-refractivity contribution in [2.75, 3.05) is 18.5 Å². The molecule has 0 spiro atoms. The van der Waals surface area contributed by atoms with Crippen molar-refractivity contribution in [2.45, 2.75) is 6.54 Å². The first-order valence-corrected chi connectivity index (χ1v) is 9.01. The van der Waals surface area contributed by atoms with E-state index in [1.54, 1.807) is 36.4 Å². The number of hydrogen-bond acceptors (Lipinski definition) is 5. The van der Waals surface area contributed by atoms with Crippen LogP contribution < -0.4 is 20.9 Å². The lowest BCUT2D eigenvalue weighted by Gasteiger charge is -2.09. The molecule has 29 heavy (non-hydrogen) atoms. The first-order chi connectivity index (χ1) is 14.1. The lowest BCUT2D eigenvalue weighted by atomic mass is 10.3. The molecule has 1 heterocycles. The van der Waals surface area contributed by atoms with E-state index in [-0.39, 0.29) is 36.9 Å². The van der Waals surface area contributed by atoms with Gasteiger partial charge in [-0.15, -0.1) is 0 Å². The zero-order valence-corrected chi connectivity index (χ0v) is 15.6. The topological polar surface area (TPSA) is 102 Å². The summed E-state index contributed by atoms with van der Waals surface area (Å²) < 4.78 is 6.70. The Kier molecular flexibility index (Phi) is 6.72. The fourth-order valence-electron chi connectivity index (χ4n) is 2.47. The second-order valence-corrected chi connectivity index (χ2v) is 6.04. The van der Waals surface area contributed by atoms with Crippen molar-refractivity contribution in [3.05, 3.63) is 88.8 Å². The summed E-state index contributed by atoms with van der Waals surface area (Å²) in [4.78, 5) is 36.1. The van der Waals surface area contributed by atoms with Gasteiger partial charge in [-0.2, -0.15) is 5.10 Å². The number of anilines is 1. The second-order valence-electron chi connectivity index (χ2n) is 6.04. The van der Waals surface area contributed by atoms with Crippen molar-refractivity contribution in [2.24, 2.45) is 0 Å². The molecule has 8 nitrogen and oxygen atoms in total. The smallest absolute Gasteiger partial charge is 0.272 e. The molecule has 2 N–H and O–H groups in total. The predicted molar refractivity (Wildman–Crippen MR) is 108 cm³/mol. The first kappa shape index (κ1) is 19.8. The van der Waals surface area contributed by atoms with Crippen molar-refractivity contribution in [3.8, 4) is 5.75 Å². The van der Waals surface area contributed by atoms with Crippen LogP contribution in [0.4, 0.5) is 5.69 Å². The van der Waals surface area contributed by atoms with Gasteiger partial charge in [0, 0.05) is 11.8 Å². The Morgan fingerprint density at radius 2 is 1.62 bits per heavy atom. The Morgan fingerprint density at radius 3 is 2.34 bits per heavy atom. The maximum atomic E-state index is 12.3. The largest absolute Gasteiger partial charge is 0.492 e. The van der Waals surface area contributed by atoms with E-state index in [0.717, 1.165) is 4.68 Å². The molecule has 0 unspecified atom stereocenters. The highest BCUT2D eigenvalue weighted by molar-refractivity contribution is 5.98. The number of benzene rings is 2. The molecule has 0 fully saturated rings. The van der Waals surface area contributed by atoms with E-state index in [2.05, 4.69) is 15.7 Å². The maximum Gasteiger partial charge on any atom is 0.272 e. The van der Waals surface area contributed by atoms with Crippen LogP contribution in [-0.4, -0.2) is 34.7 Å². The van der Waals surface area contributed by atoms with Gasteiger partial charge >= 0.3 is 0 Å². The number of ether oxygens (including phenoxy) is 1. The predicted octanol–water partition coefficient (Wildman–Crippen LogP) is 1.69. The molecule has 0 atom stereocenters. The highest BCUT2D eigenvalue weighted by Crippen LogP contribution is 2.08. The zero-order valence-electron chi connectivity index (χ0n) is 15.6. The third-order valence-corrected chi connectivity index (χ3v) is 3.88. The van der Waals surface area contributed by atoms with Gasteiger partial charge in [-0.05, 0) is 30.3 Å². The van der Waals surface area contributed by atoms with Crippen LogP contribution in [0.1, 0.15) is 10.5 Å². The van der Waals surface area contributed by atoms with Gasteiger partial charge in [-0.25, -0.2) is 4.68 Å². The average Bonchev–Trinajstić information content (AvgIpc) is 2.75. The van der Waals surface area contributed by atoms with Gasteiger partial charge in [0.1, 0.15) is 18.1 Å². The van der Waals surface area contributed by atoms with Crippen molar-refractivity contribution in [1.82, 2.24) is 15.1 Å². The van der Waals surface area contributed by atoms with E-state index >= 15 is 0 Å². The summed E-state index contributed by atoms with van der Waals surface area (Å²) in [5, 5.41) is 9.20. The standard InChI is InChI=1S/C21H20N4O4/c26-19(23-16-7-3-1-4-8-16)15-22-21(28)18-11-12-20(27)25(24-18)13-14-29-17-9-5-2-6-10-17/h1-12H,13-15H2,(H,22,28)(H,23,26). The summed E-state index contributed by atoms with van der Waals surface area (Å²) in [6.45, 7) is 0.191. The molecular weight excluding hydrogens is 372 g/mol. The molecule has 0 aliphatic rings. The van der Waals surface area contributed by atoms with Crippen LogP contribution in [-0.2, 0) is 11.3 Å². The molecule has 3 rings (SSSR count). The summed E-state index contributed by atoms with van der Waals surface area (Å²) in [6.07, 6.45) is 0. The SMILES string of the molecule is O=C(CNC(=O)c1ccc(=O)n(CCOc2ccccc2)n1)Nc1ccccc1. The Labute approximate surface area is 167 Å². The minimum absolute atomic E-state index is 0.0387. The van der Waals surface area contributed by atoms with Gasteiger partial charge in [-0.3, -0.25) is 14.4 Å². The lowest BCUT2D eigenvalue weighted by molar-refractivity contribution is -0.115. The molecule has 8 heteroatoms. The molecular formula is C21H20N4O4. The van der Waals surface area contributed by atoms with Crippen LogP contribution >= 0.6 is 0 Å². The molecule has 0 radical (unpaired) electrons. The van der Waals surface area contributed by atoms with Gasteiger partial charge in [0.25, 0.3) is 11.5 Å². The number of nitrogens with zero attached hydrogens (tertiary/aromatic N) is 2. The molecule has 148 valence electrons. The molecule has 2 aromatic carbocycles. The van der Waals surface area contributed by atoms with E-state index in [1.165, 1.54) is 12.1 Å². The maximum absolute atomic E-state index is 12.3. The highest BCUT2D eigenvalue weighted by Gasteiger charge is 2.11. The minimum atomic E-state index is -0.550. The fourth-order valence-corrected chi connectivity index (χ4v) is 2.47. The van der Waals surface area contributed by atoms with Crippen LogP contribution in [0.25, 0.3) is 0 Å². The second kappa shape index (κ2) is 9.84. The molecule has 0 bridgehead atoms. The molecule has 1 aromatic heterocycles. The minimum Gasteiger partial charge on any atom is -0.492 e. The number of carbonyl (C=O) groups excluding carboxylic acids is 2. The van der Waals surface area contributed by atoms with Gasteiger partial charge in [0.15, 0.2) is 0 Å². The number of aromatic nitrogens is 2. The van der Waals surface area contributed by atoms with Crippen molar-refractivity contribution >= 4 is 17.5 Å². The number of para-hydroxylation sites is 2. The van der Waals surface area contributed by atoms with Crippen LogP contribution in [0, 0.1) is 0 Å². The van der Waals surface area contributed by atoms with Gasteiger partial charge in [-0.1, -0.05) is 36.4 Å². The molecule has 2 amide bonds. The molecule has 0 saturated carbocycles. The Morgan fingerprint density at radius 1 is 0.931 bits per heavy atom. The number of nitrogens with one attached hydrogen (secondary N) is 2. The average molecular weight is 392 g/mol. The van der Waals surface area contributed by atoms with Crippen molar-refractivity contribution in [3.63, 3.8) is 0 Å². The molecule has 0 aliphatic heterocycles. The van der Waals surface area contributed by atoms with Gasteiger partial charge in [0.05, 0.1) is 13.1 Å². The number of carbonyl (C=O) groups is 2. The Hall–Kier alpha value is -3.94. The van der Waals surface area contributed by atoms with E-state index in [4.69, 9.17) is 4.74 Å². The molecule has 0 saturated heterocycles. The van der Waals surface area contributed by atoms with Crippen molar-refractivity contribution < 1.29 is 14.3 Å². The third-order valence-electron chi connectivity index (χ3n) is 3.88. The first-order valence-electron chi connectivity index (χ1n) is 9.01. The lowest BCUT2D eigenvalue weighted by Crippen LogP contribution is -2.35. The Bertz CT molecular complexity index is 1020. The number of hydrogen-bond donors (Lipinski definition) is 2. The van der Waals surface area contributed by atoms with Gasteiger partial charge in [0.2, 0.25) is 5.91 Å². The van der Waals surface area contributed by atoms with E-state index in [0.29, 0.717) is 11.4 Å². The monoisotopic (exact) mass is 392 g/mol. The summed E-state index contributed by atoms with van der Waals surface area (Å²) in [6, 6.07) is 20.7. The Balaban J connectivity index is 1.53. The zero-order chi connectivity index (χ0) is 20.5. The fraction of sp³-hybridized carbons (Fsp3) is 0.143. The summed E-state index contributed by atoms with van der Waals surface area (Å²) >= 11 is 0. The molecule has 3 aromatic rings. The van der Waals surface area contributed by atoms with E-state index < -0.39 is 5.91 Å². The summed E-state index contributed by atoms with van der Waals surface area (Å²) in [5.41, 5.74) is 0.327. The summed E-state index contributed by atoms with van der Waals surface area (Å²) in [5.74, 6) is -0.237. The number of amides is 2.